The minimum atomic E-state index is -0.290. The van der Waals surface area contributed by atoms with Gasteiger partial charge in [-0.05, 0) is 57.7 Å². The van der Waals surface area contributed by atoms with E-state index in [2.05, 4.69) is 95.8 Å². The van der Waals surface area contributed by atoms with Crippen molar-refractivity contribution in [2.24, 2.45) is 0 Å². The summed E-state index contributed by atoms with van der Waals surface area (Å²) in [7, 11) is 0. The molecule has 0 saturated carbocycles. The molecule has 0 radical (unpaired) electrons. The van der Waals surface area contributed by atoms with Crippen molar-refractivity contribution in [3.8, 4) is 10.6 Å². The Morgan fingerprint density at radius 2 is 1.67 bits per heavy atom. The SMILES string of the molecule is CC(C)(C)c1c(-c2nc3ccc4ccccc4c3s2)c(=O)oc2c3c4c(cc12)C(C)(C)CCN4CCC3(C)C. The van der Waals surface area contributed by atoms with Gasteiger partial charge in [0.25, 0.3) is 0 Å². The van der Waals surface area contributed by atoms with E-state index in [4.69, 9.17) is 9.40 Å². The molecule has 7 rings (SSSR count). The van der Waals surface area contributed by atoms with E-state index in [0.717, 1.165) is 57.7 Å². The Balaban J connectivity index is 1.63. The van der Waals surface area contributed by atoms with Crippen LogP contribution >= 0.6 is 11.3 Å². The molecule has 2 aromatic heterocycles. The number of fused-ring (bicyclic) bond motifs is 5. The Morgan fingerprint density at radius 3 is 2.41 bits per heavy atom. The average Bonchev–Trinajstić information content (AvgIpc) is 3.30. The third-order valence-corrected chi connectivity index (χ3v) is 10.3. The zero-order valence-electron chi connectivity index (χ0n) is 24.0. The number of nitrogens with zero attached hydrogens (tertiary/aromatic N) is 2. The number of anilines is 1. The predicted molar refractivity (Wildman–Crippen MR) is 165 cm³/mol. The molecule has 0 aliphatic carbocycles. The molecule has 0 saturated heterocycles. The summed E-state index contributed by atoms with van der Waals surface area (Å²) in [4.78, 5) is 21.7. The van der Waals surface area contributed by atoms with Crippen molar-refractivity contribution in [1.82, 2.24) is 4.98 Å². The Kier molecular flexibility index (Phi) is 5.06. The first-order valence-corrected chi connectivity index (χ1v) is 14.9. The molecule has 0 atom stereocenters. The van der Waals surface area contributed by atoms with Crippen LogP contribution in [-0.2, 0) is 16.2 Å². The van der Waals surface area contributed by atoms with Crippen LogP contribution < -0.4 is 10.5 Å². The molecule has 3 aromatic carbocycles. The number of hydrogen-bond acceptors (Lipinski definition) is 5. The molecule has 0 unspecified atom stereocenters. The largest absolute Gasteiger partial charge is 0.422 e. The molecule has 39 heavy (non-hydrogen) atoms. The van der Waals surface area contributed by atoms with Gasteiger partial charge in [0.1, 0.15) is 16.2 Å². The van der Waals surface area contributed by atoms with Crippen molar-refractivity contribution in [2.75, 3.05) is 18.0 Å². The topological polar surface area (TPSA) is 46.3 Å². The Morgan fingerprint density at radius 1 is 0.949 bits per heavy atom. The maximum atomic E-state index is 14.1. The van der Waals surface area contributed by atoms with Gasteiger partial charge in [-0.1, -0.05) is 78.8 Å². The Hall–Kier alpha value is -3.18. The number of rotatable bonds is 1. The number of thiazole rings is 1. The Labute approximate surface area is 233 Å². The van der Waals surface area contributed by atoms with E-state index in [1.165, 1.54) is 27.6 Å². The van der Waals surface area contributed by atoms with Gasteiger partial charge in [-0.15, -0.1) is 11.3 Å². The lowest BCUT2D eigenvalue weighted by atomic mass is 9.68. The first-order chi connectivity index (χ1) is 18.4. The van der Waals surface area contributed by atoms with E-state index in [1.54, 1.807) is 11.3 Å². The molecular weight excluding hydrogens is 500 g/mol. The highest BCUT2D eigenvalue weighted by atomic mass is 32.1. The zero-order valence-corrected chi connectivity index (χ0v) is 24.8. The van der Waals surface area contributed by atoms with Crippen LogP contribution in [0, 0.1) is 0 Å². The summed E-state index contributed by atoms with van der Waals surface area (Å²) in [6.45, 7) is 18.1. The number of hydrogen-bond donors (Lipinski definition) is 0. The molecule has 2 aliphatic rings. The second-order valence-corrected chi connectivity index (χ2v) is 14.8. The van der Waals surface area contributed by atoms with Crippen LogP contribution in [0.4, 0.5) is 5.69 Å². The lowest BCUT2D eigenvalue weighted by Crippen LogP contribution is -2.45. The highest BCUT2D eigenvalue weighted by molar-refractivity contribution is 7.22. The summed E-state index contributed by atoms with van der Waals surface area (Å²) >= 11 is 1.60. The van der Waals surface area contributed by atoms with Crippen LogP contribution in [0.1, 0.15) is 78.0 Å². The first kappa shape index (κ1) is 24.8. The van der Waals surface area contributed by atoms with E-state index in [1.807, 2.05) is 0 Å². The third kappa shape index (κ3) is 3.55. The fourth-order valence-corrected chi connectivity index (χ4v) is 8.10. The van der Waals surface area contributed by atoms with E-state index in [-0.39, 0.29) is 21.9 Å². The van der Waals surface area contributed by atoms with E-state index >= 15 is 0 Å². The van der Waals surface area contributed by atoms with E-state index in [9.17, 15) is 4.79 Å². The minimum Gasteiger partial charge on any atom is -0.422 e. The minimum absolute atomic E-state index is 0.0441. The van der Waals surface area contributed by atoms with Gasteiger partial charge in [0, 0.05) is 35.1 Å². The van der Waals surface area contributed by atoms with Crippen molar-refractivity contribution < 1.29 is 4.42 Å². The van der Waals surface area contributed by atoms with Gasteiger partial charge in [-0.3, -0.25) is 0 Å². The quantitative estimate of drug-likeness (QED) is 0.201. The van der Waals surface area contributed by atoms with Crippen molar-refractivity contribution in [3.63, 3.8) is 0 Å². The number of aromatic nitrogens is 1. The maximum Gasteiger partial charge on any atom is 0.346 e. The first-order valence-electron chi connectivity index (χ1n) is 14.1. The van der Waals surface area contributed by atoms with Crippen LogP contribution in [0.3, 0.4) is 0 Å². The molecule has 2 aliphatic heterocycles. The molecule has 4 nitrogen and oxygen atoms in total. The molecule has 200 valence electrons. The van der Waals surface area contributed by atoms with Gasteiger partial charge < -0.3 is 9.32 Å². The zero-order chi connectivity index (χ0) is 27.5. The average molecular weight is 537 g/mol. The second-order valence-electron chi connectivity index (χ2n) is 13.8. The fraction of sp³-hybridized carbons (Fsp3) is 0.412. The van der Waals surface area contributed by atoms with Crippen LogP contribution in [0.5, 0.6) is 0 Å². The van der Waals surface area contributed by atoms with Crippen molar-refractivity contribution >= 4 is 49.0 Å². The molecule has 5 heteroatoms. The molecule has 0 spiro atoms. The molecular formula is C34H36N2O2S. The van der Waals surface area contributed by atoms with Gasteiger partial charge in [0.05, 0.1) is 10.2 Å². The van der Waals surface area contributed by atoms with E-state index < -0.39 is 0 Å². The molecule has 0 N–H and O–H groups in total. The van der Waals surface area contributed by atoms with Crippen LogP contribution in [0.25, 0.3) is 42.5 Å². The van der Waals surface area contributed by atoms with Gasteiger partial charge in [-0.2, -0.15) is 0 Å². The van der Waals surface area contributed by atoms with Gasteiger partial charge in [-0.25, -0.2) is 9.78 Å². The van der Waals surface area contributed by atoms with Crippen molar-refractivity contribution in [1.29, 1.82) is 0 Å². The molecule has 0 amide bonds. The predicted octanol–water partition coefficient (Wildman–Crippen LogP) is 8.69. The normalized spacial score (nSPS) is 18.2. The third-order valence-electron chi connectivity index (χ3n) is 9.15. The highest BCUT2D eigenvalue weighted by Crippen LogP contribution is 2.53. The standard InChI is InChI=1S/C34H36N2O2S/c1-32(2,3)25-21-18-22-27-26(34(6,7)15-17-36(27)16-14-33(22,4)5)28(21)38-31(37)24(25)30-35-23-13-12-19-10-8-9-11-20(19)29(23)39-30/h8-13,18H,14-17H2,1-7H3. The second kappa shape index (κ2) is 7.94. The molecule has 4 heterocycles. The van der Waals surface area contributed by atoms with Crippen LogP contribution in [0.15, 0.2) is 51.7 Å². The van der Waals surface area contributed by atoms with Crippen molar-refractivity contribution in [3.05, 3.63) is 69.6 Å². The molecule has 0 fully saturated rings. The fourth-order valence-electron chi connectivity index (χ4n) is 6.96. The molecule has 0 bridgehead atoms. The lowest BCUT2D eigenvalue weighted by Gasteiger charge is -2.48. The summed E-state index contributed by atoms with van der Waals surface area (Å²) in [6.07, 6.45) is 2.16. The van der Waals surface area contributed by atoms with Gasteiger partial charge in [0.15, 0.2) is 0 Å². The Bertz CT molecular complexity index is 1880. The summed E-state index contributed by atoms with van der Waals surface area (Å²) in [5, 5.41) is 4.16. The molecule has 5 aromatic rings. The smallest absolute Gasteiger partial charge is 0.346 e. The summed E-state index contributed by atoms with van der Waals surface area (Å²) in [6, 6.07) is 14.9. The highest BCUT2D eigenvalue weighted by Gasteiger charge is 2.43. The monoisotopic (exact) mass is 536 g/mol. The number of benzene rings is 3. The van der Waals surface area contributed by atoms with Gasteiger partial charge >= 0.3 is 5.63 Å². The summed E-state index contributed by atoms with van der Waals surface area (Å²) < 4.78 is 7.54. The summed E-state index contributed by atoms with van der Waals surface area (Å²) in [5.74, 6) is 0. The van der Waals surface area contributed by atoms with E-state index in [0.29, 0.717) is 5.56 Å². The maximum absolute atomic E-state index is 14.1. The van der Waals surface area contributed by atoms with Crippen LogP contribution in [0.2, 0.25) is 0 Å². The lowest BCUT2D eigenvalue weighted by molar-refractivity contribution is 0.398. The van der Waals surface area contributed by atoms with Gasteiger partial charge in [0.2, 0.25) is 0 Å². The summed E-state index contributed by atoms with van der Waals surface area (Å²) in [5.41, 5.74) is 6.63. The van der Waals surface area contributed by atoms with Crippen molar-refractivity contribution in [2.45, 2.75) is 77.6 Å². The van der Waals surface area contributed by atoms with Crippen LogP contribution in [-0.4, -0.2) is 18.1 Å².